The topological polar surface area (TPSA) is 64.7 Å². The number of hydrogen-bond acceptors (Lipinski definition) is 4. The van der Waals surface area contributed by atoms with E-state index in [1.165, 1.54) is 4.68 Å². The maximum atomic E-state index is 12.6. The molecule has 146 valence electrons. The van der Waals surface area contributed by atoms with Crippen molar-refractivity contribution in [3.05, 3.63) is 99.7 Å². The molecular weight excluding hydrogens is 386 g/mol. The lowest BCUT2D eigenvalue weighted by Gasteiger charge is -2.11. The van der Waals surface area contributed by atoms with E-state index in [-0.39, 0.29) is 10.6 Å². The van der Waals surface area contributed by atoms with Gasteiger partial charge in [0.1, 0.15) is 5.02 Å². The zero-order valence-electron chi connectivity index (χ0n) is 15.9. The zero-order chi connectivity index (χ0) is 20.2. The van der Waals surface area contributed by atoms with E-state index in [0.717, 1.165) is 22.3 Å². The van der Waals surface area contributed by atoms with Gasteiger partial charge in [0, 0.05) is 25.4 Å². The van der Waals surface area contributed by atoms with Gasteiger partial charge in [-0.05, 0) is 22.8 Å². The molecule has 0 radical (unpaired) electrons. The highest BCUT2D eigenvalue weighted by molar-refractivity contribution is 6.32. The lowest BCUT2D eigenvalue weighted by Crippen LogP contribution is -2.24. The second kappa shape index (κ2) is 8.32. The van der Waals surface area contributed by atoms with Crippen LogP contribution in [0.5, 0.6) is 0 Å². The highest BCUT2D eigenvalue weighted by Crippen LogP contribution is 2.21. The van der Waals surface area contributed by atoms with Crippen molar-refractivity contribution >= 4 is 17.3 Å². The molecular formula is C22H20ClN5O. The minimum atomic E-state index is -0.315. The molecule has 0 spiro atoms. The number of aromatic nitrogens is 4. The Morgan fingerprint density at radius 1 is 0.966 bits per heavy atom. The smallest absolute Gasteiger partial charge is 0.287 e. The largest absolute Gasteiger partial charge is 0.378 e. The predicted molar refractivity (Wildman–Crippen MR) is 115 cm³/mol. The van der Waals surface area contributed by atoms with E-state index in [1.54, 1.807) is 10.9 Å². The van der Waals surface area contributed by atoms with Crippen molar-refractivity contribution in [3.63, 3.8) is 0 Å². The summed E-state index contributed by atoms with van der Waals surface area (Å²) in [5.74, 6) is 0. The van der Waals surface area contributed by atoms with Crippen LogP contribution in [-0.2, 0) is 20.1 Å². The highest BCUT2D eigenvalue weighted by Gasteiger charge is 2.10. The number of halogens is 1. The maximum absolute atomic E-state index is 12.6. The monoisotopic (exact) mass is 405 g/mol. The lowest BCUT2D eigenvalue weighted by atomic mass is 10.1. The molecule has 0 saturated heterocycles. The Morgan fingerprint density at radius 2 is 1.76 bits per heavy atom. The fraction of sp³-hybridized carbons (Fsp3) is 0.136. The average Bonchev–Trinajstić information content (AvgIpc) is 3.18. The Labute approximate surface area is 173 Å². The third-order valence-corrected chi connectivity index (χ3v) is 4.97. The summed E-state index contributed by atoms with van der Waals surface area (Å²) in [5, 5.41) is 11.8. The van der Waals surface area contributed by atoms with Crippen LogP contribution in [0.4, 0.5) is 5.69 Å². The summed E-state index contributed by atoms with van der Waals surface area (Å²) in [7, 11) is 1.89. The molecule has 4 aromatic rings. The maximum Gasteiger partial charge on any atom is 0.287 e. The number of nitrogens with zero attached hydrogens (tertiary/aromatic N) is 4. The van der Waals surface area contributed by atoms with Gasteiger partial charge in [0.2, 0.25) is 0 Å². The van der Waals surface area contributed by atoms with Crippen molar-refractivity contribution < 1.29 is 0 Å². The van der Waals surface area contributed by atoms with Crippen LogP contribution >= 0.6 is 11.6 Å². The fourth-order valence-electron chi connectivity index (χ4n) is 3.09. The van der Waals surface area contributed by atoms with Gasteiger partial charge in [-0.1, -0.05) is 60.1 Å². The van der Waals surface area contributed by atoms with Crippen LogP contribution in [0.25, 0.3) is 11.1 Å². The molecule has 0 amide bonds. The first kappa shape index (κ1) is 19.0. The van der Waals surface area contributed by atoms with Crippen molar-refractivity contribution in [2.24, 2.45) is 7.05 Å². The molecule has 0 fully saturated rings. The first-order valence-electron chi connectivity index (χ1n) is 9.21. The summed E-state index contributed by atoms with van der Waals surface area (Å²) in [4.78, 5) is 12.6. The third kappa shape index (κ3) is 4.38. The number of benzene rings is 2. The molecule has 0 bridgehead atoms. The van der Waals surface area contributed by atoms with E-state index in [0.29, 0.717) is 18.8 Å². The van der Waals surface area contributed by atoms with E-state index >= 15 is 0 Å². The van der Waals surface area contributed by atoms with Gasteiger partial charge >= 0.3 is 0 Å². The lowest BCUT2D eigenvalue weighted by molar-refractivity contribution is 0.640. The van der Waals surface area contributed by atoms with Gasteiger partial charge in [0.15, 0.2) is 0 Å². The normalized spacial score (nSPS) is 10.8. The number of anilines is 1. The molecule has 6 nitrogen and oxygen atoms in total. The quantitative estimate of drug-likeness (QED) is 0.527. The molecule has 2 heterocycles. The molecule has 2 aromatic carbocycles. The van der Waals surface area contributed by atoms with Gasteiger partial charge in [-0.3, -0.25) is 9.48 Å². The Morgan fingerprint density at radius 3 is 2.52 bits per heavy atom. The number of rotatable bonds is 6. The van der Waals surface area contributed by atoms with Gasteiger partial charge in [-0.15, -0.1) is 0 Å². The molecule has 0 saturated carbocycles. The predicted octanol–water partition coefficient (Wildman–Crippen LogP) is 3.96. The van der Waals surface area contributed by atoms with Crippen LogP contribution in [-0.4, -0.2) is 19.6 Å². The van der Waals surface area contributed by atoms with Crippen molar-refractivity contribution in [3.8, 4) is 11.1 Å². The van der Waals surface area contributed by atoms with Crippen molar-refractivity contribution in [1.82, 2.24) is 19.6 Å². The first-order chi connectivity index (χ1) is 14.1. The average molecular weight is 406 g/mol. The fourth-order valence-corrected chi connectivity index (χ4v) is 3.30. The van der Waals surface area contributed by atoms with Crippen molar-refractivity contribution in [1.29, 1.82) is 0 Å². The van der Waals surface area contributed by atoms with Crippen LogP contribution in [0.2, 0.25) is 5.02 Å². The van der Waals surface area contributed by atoms with Crippen LogP contribution < -0.4 is 10.9 Å². The van der Waals surface area contributed by atoms with Gasteiger partial charge in [-0.2, -0.15) is 10.2 Å². The van der Waals surface area contributed by atoms with Crippen molar-refractivity contribution in [2.45, 2.75) is 13.1 Å². The Kier molecular flexibility index (Phi) is 5.44. The molecule has 0 atom stereocenters. The number of nitrogens with one attached hydrogen (secondary N) is 1. The first-order valence-corrected chi connectivity index (χ1v) is 9.59. The van der Waals surface area contributed by atoms with Crippen LogP contribution in [0.1, 0.15) is 11.1 Å². The Hall–Kier alpha value is -3.38. The van der Waals surface area contributed by atoms with Crippen LogP contribution in [0.15, 0.2) is 78.0 Å². The second-order valence-electron chi connectivity index (χ2n) is 6.78. The van der Waals surface area contributed by atoms with E-state index in [4.69, 9.17) is 11.6 Å². The molecule has 0 unspecified atom stereocenters. The second-order valence-corrected chi connectivity index (χ2v) is 7.16. The summed E-state index contributed by atoms with van der Waals surface area (Å²) in [6, 6.07) is 17.8. The molecule has 0 aliphatic heterocycles. The van der Waals surface area contributed by atoms with Gasteiger partial charge in [0.05, 0.1) is 24.6 Å². The van der Waals surface area contributed by atoms with E-state index < -0.39 is 0 Å². The molecule has 1 N–H and O–H groups in total. The summed E-state index contributed by atoms with van der Waals surface area (Å²) in [6.07, 6.45) is 5.40. The standard InChI is InChI=1S/C22H20ClN5O/c1-27-15-19(12-25-27)18-9-5-8-17(10-18)11-24-20-13-26-28(22(29)21(20)23)14-16-6-3-2-4-7-16/h2-10,12-13,15,24H,11,14H2,1H3. The summed E-state index contributed by atoms with van der Waals surface area (Å²) in [5.41, 5.74) is 4.40. The van der Waals surface area contributed by atoms with E-state index in [1.807, 2.05) is 68.0 Å². The zero-order valence-corrected chi connectivity index (χ0v) is 16.7. The summed E-state index contributed by atoms with van der Waals surface area (Å²) < 4.78 is 3.14. The van der Waals surface area contributed by atoms with E-state index in [2.05, 4.69) is 21.6 Å². The van der Waals surface area contributed by atoms with Gasteiger partial charge in [-0.25, -0.2) is 4.68 Å². The summed E-state index contributed by atoms with van der Waals surface area (Å²) >= 11 is 6.31. The minimum Gasteiger partial charge on any atom is -0.378 e. The molecule has 2 aromatic heterocycles. The molecule has 29 heavy (non-hydrogen) atoms. The van der Waals surface area contributed by atoms with Gasteiger partial charge in [0.25, 0.3) is 5.56 Å². The van der Waals surface area contributed by atoms with Gasteiger partial charge < -0.3 is 5.32 Å². The number of hydrogen-bond donors (Lipinski definition) is 1. The highest BCUT2D eigenvalue weighted by atomic mass is 35.5. The molecule has 7 heteroatoms. The molecule has 0 aliphatic rings. The minimum absolute atomic E-state index is 0.138. The van der Waals surface area contributed by atoms with Crippen molar-refractivity contribution in [2.75, 3.05) is 5.32 Å². The molecule has 0 aliphatic carbocycles. The van der Waals surface area contributed by atoms with E-state index in [9.17, 15) is 4.79 Å². The summed E-state index contributed by atoms with van der Waals surface area (Å²) in [6.45, 7) is 0.907. The molecule has 4 rings (SSSR count). The SMILES string of the molecule is Cn1cc(-c2cccc(CNc3cnn(Cc4ccccc4)c(=O)c3Cl)c2)cn1. The third-order valence-electron chi connectivity index (χ3n) is 4.61. The Bertz CT molecular complexity index is 1180. The van der Waals surface area contributed by atoms with Crippen LogP contribution in [0.3, 0.4) is 0 Å². The van der Waals surface area contributed by atoms with Crippen LogP contribution in [0, 0.1) is 0 Å². The number of aryl methyl sites for hydroxylation is 1. The Balaban J connectivity index is 1.49.